The van der Waals surface area contributed by atoms with Crippen LogP contribution in [-0.4, -0.2) is 31.5 Å². The first-order chi connectivity index (χ1) is 7.34. The van der Waals surface area contributed by atoms with Crippen molar-refractivity contribution in [2.24, 2.45) is 16.5 Å². The molecule has 5 N–H and O–H groups in total. The molecule has 15 heavy (non-hydrogen) atoms. The van der Waals surface area contributed by atoms with Crippen LogP contribution in [-0.2, 0) is 0 Å². The summed E-state index contributed by atoms with van der Waals surface area (Å²) in [6, 6.07) is 0.127. The summed E-state index contributed by atoms with van der Waals surface area (Å²) in [6.07, 6.45) is 7.21. The molecule has 1 rings (SSSR count). The Morgan fingerprint density at radius 1 is 1.20 bits per heavy atom. The highest BCUT2D eigenvalue weighted by molar-refractivity contribution is 5.88. The maximum Gasteiger partial charge on any atom is 0.113 e. The van der Waals surface area contributed by atoms with Gasteiger partial charge >= 0.3 is 0 Å². The minimum atomic E-state index is 0.127. The number of unbranched alkanes of at least 4 members (excludes halogenated alkanes) is 4. The van der Waals surface area contributed by atoms with E-state index in [1.54, 1.807) is 0 Å². The van der Waals surface area contributed by atoms with Crippen molar-refractivity contribution in [1.82, 2.24) is 5.32 Å². The summed E-state index contributed by atoms with van der Waals surface area (Å²) in [4.78, 5) is 4.33. The van der Waals surface area contributed by atoms with Gasteiger partial charge in [-0.15, -0.1) is 0 Å². The second-order valence-electron chi connectivity index (χ2n) is 4.15. The van der Waals surface area contributed by atoms with E-state index in [4.69, 9.17) is 11.5 Å². The molecule has 0 bridgehead atoms. The quantitative estimate of drug-likeness (QED) is 0.516. The largest absolute Gasteiger partial charge is 0.371 e. The maximum atomic E-state index is 6.01. The topological polar surface area (TPSA) is 76.4 Å². The van der Waals surface area contributed by atoms with E-state index in [1.165, 1.54) is 25.7 Å². The Balaban J connectivity index is 1.95. The van der Waals surface area contributed by atoms with Crippen molar-refractivity contribution in [1.29, 1.82) is 0 Å². The van der Waals surface area contributed by atoms with E-state index in [2.05, 4.69) is 10.3 Å². The molecule has 0 fully saturated rings. The van der Waals surface area contributed by atoms with Gasteiger partial charge in [0.15, 0.2) is 0 Å². The minimum absolute atomic E-state index is 0.127. The van der Waals surface area contributed by atoms with Crippen LogP contribution in [0.15, 0.2) is 4.99 Å². The van der Waals surface area contributed by atoms with Crippen LogP contribution >= 0.6 is 0 Å². The van der Waals surface area contributed by atoms with E-state index in [0.717, 1.165) is 38.3 Å². The van der Waals surface area contributed by atoms with Gasteiger partial charge in [0.2, 0.25) is 0 Å². The lowest BCUT2D eigenvalue weighted by molar-refractivity contribution is 0.582. The van der Waals surface area contributed by atoms with E-state index in [-0.39, 0.29) is 6.04 Å². The molecular formula is C11H24N4. The van der Waals surface area contributed by atoms with Crippen LogP contribution in [0.1, 0.15) is 38.5 Å². The third-order valence-corrected chi connectivity index (χ3v) is 2.77. The number of amidine groups is 1. The van der Waals surface area contributed by atoms with Crippen molar-refractivity contribution in [3.8, 4) is 0 Å². The molecule has 0 saturated carbocycles. The number of hydrogen-bond donors (Lipinski definition) is 3. The molecule has 0 aromatic heterocycles. The predicted octanol–water partition coefficient (Wildman–Crippen LogP) is 0.615. The van der Waals surface area contributed by atoms with Gasteiger partial charge in [-0.2, -0.15) is 0 Å². The Hall–Kier alpha value is -0.610. The molecule has 0 saturated heterocycles. The molecule has 88 valence electrons. The van der Waals surface area contributed by atoms with E-state index < -0.39 is 0 Å². The Bertz CT molecular complexity index is 191. The molecule has 1 heterocycles. The fourth-order valence-electron chi connectivity index (χ4n) is 1.84. The standard InChI is InChI=1S/C11H24N4/c12-7-5-3-1-2-4-6-10(13)11-14-8-9-15-11/h10H,1-9,12-13H2,(H,14,15). The molecule has 1 unspecified atom stereocenters. The first-order valence-electron chi connectivity index (χ1n) is 6.08. The van der Waals surface area contributed by atoms with Crippen molar-refractivity contribution in [2.45, 2.75) is 44.6 Å². The van der Waals surface area contributed by atoms with Gasteiger partial charge in [-0.3, -0.25) is 4.99 Å². The summed E-state index contributed by atoms with van der Waals surface area (Å²) >= 11 is 0. The average Bonchev–Trinajstić information content (AvgIpc) is 2.76. The number of aliphatic imine (C=N–C) groups is 1. The summed E-state index contributed by atoms with van der Waals surface area (Å²) in [6.45, 7) is 2.67. The van der Waals surface area contributed by atoms with Crippen LogP contribution in [0, 0.1) is 0 Å². The molecule has 1 atom stereocenters. The normalized spacial score (nSPS) is 17.3. The Kier molecular flexibility index (Phi) is 6.36. The lowest BCUT2D eigenvalue weighted by Gasteiger charge is -2.11. The van der Waals surface area contributed by atoms with Gasteiger partial charge in [0.1, 0.15) is 5.84 Å². The van der Waals surface area contributed by atoms with E-state index in [1.807, 2.05) is 0 Å². The van der Waals surface area contributed by atoms with Crippen molar-refractivity contribution in [3.05, 3.63) is 0 Å². The van der Waals surface area contributed by atoms with Gasteiger partial charge in [-0.25, -0.2) is 0 Å². The van der Waals surface area contributed by atoms with Crippen molar-refractivity contribution < 1.29 is 0 Å². The fourth-order valence-corrected chi connectivity index (χ4v) is 1.84. The summed E-state index contributed by atoms with van der Waals surface area (Å²) in [5, 5.41) is 3.23. The molecule has 0 aliphatic carbocycles. The van der Waals surface area contributed by atoms with Crippen molar-refractivity contribution in [3.63, 3.8) is 0 Å². The molecule has 0 aromatic rings. The first-order valence-corrected chi connectivity index (χ1v) is 6.08. The lowest BCUT2D eigenvalue weighted by Crippen LogP contribution is -2.37. The lowest BCUT2D eigenvalue weighted by atomic mass is 10.1. The third kappa shape index (κ3) is 5.14. The molecule has 0 spiro atoms. The van der Waals surface area contributed by atoms with Gasteiger partial charge in [0.05, 0.1) is 12.6 Å². The summed E-state index contributed by atoms with van der Waals surface area (Å²) in [7, 11) is 0. The van der Waals surface area contributed by atoms with Crippen LogP contribution in [0.25, 0.3) is 0 Å². The summed E-state index contributed by atoms with van der Waals surface area (Å²) < 4.78 is 0. The average molecular weight is 212 g/mol. The zero-order chi connectivity index (χ0) is 10.9. The molecule has 4 heteroatoms. The molecular weight excluding hydrogens is 188 g/mol. The zero-order valence-corrected chi connectivity index (χ0v) is 9.54. The second kappa shape index (κ2) is 7.65. The minimum Gasteiger partial charge on any atom is -0.371 e. The van der Waals surface area contributed by atoms with Gasteiger partial charge in [0.25, 0.3) is 0 Å². The highest BCUT2D eigenvalue weighted by atomic mass is 15.1. The van der Waals surface area contributed by atoms with Crippen LogP contribution < -0.4 is 16.8 Å². The summed E-state index contributed by atoms with van der Waals surface area (Å²) in [5.74, 6) is 1.01. The number of hydrogen-bond acceptors (Lipinski definition) is 4. The first kappa shape index (κ1) is 12.5. The Morgan fingerprint density at radius 2 is 1.93 bits per heavy atom. The van der Waals surface area contributed by atoms with Crippen molar-refractivity contribution in [2.75, 3.05) is 19.6 Å². The fraction of sp³-hybridized carbons (Fsp3) is 0.909. The van der Waals surface area contributed by atoms with Crippen LogP contribution in [0.3, 0.4) is 0 Å². The van der Waals surface area contributed by atoms with Crippen LogP contribution in [0.5, 0.6) is 0 Å². The van der Waals surface area contributed by atoms with Gasteiger partial charge < -0.3 is 16.8 Å². The SMILES string of the molecule is NCCCCCCCC(N)C1=NCCN1. The number of nitrogens with zero attached hydrogens (tertiary/aromatic N) is 1. The van der Waals surface area contributed by atoms with Crippen molar-refractivity contribution >= 4 is 5.84 Å². The number of nitrogens with one attached hydrogen (secondary N) is 1. The third-order valence-electron chi connectivity index (χ3n) is 2.77. The van der Waals surface area contributed by atoms with E-state index in [9.17, 15) is 0 Å². The van der Waals surface area contributed by atoms with Gasteiger partial charge in [-0.05, 0) is 19.4 Å². The Morgan fingerprint density at radius 3 is 2.60 bits per heavy atom. The molecule has 0 amide bonds. The summed E-state index contributed by atoms with van der Waals surface area (Å²) in [5.41, 5.74) is 11.4. The Labute approximate surface area is 92.5 Å². The number of rotatable bonds is 8. The highest BCUT2D eigenvalue weighted by Crippen LogP contribution is 2.07. The molecule has 1 aliphatic heterocycles. The molecule has 4 nitrogen and oxygen atoms in total. The monoisotopic (exact) mass is 212 g/mol. The van der Waals surface area contributed by atoms with Gasteiger partial charge in [0, 0.05) is 6.54 Å². The van der Waals surface area contributed by atoms with Gasteiger partial charge in [-0.1, -0.05) is 25.7 Å². The van der Waals surface area contributed by atoms with Crippen LogP contribution in [0.4, 0.5) is 0 Å². The molecule has 1 aliphatic rings. The predicted molar refractivity (Wildman–Crippen MR) is 65.0 cm³/mol. The molecule has 0 aromatic carbocycles. The molecule has 0 radical (unpaired) electrons. The smallest absolute Gasteiger partial charge is 0.113 e. The van der Waals surface area contributed by atoms with Crippen LogP contribution in [0.2, 0.25) is 0 Å². The number of nitrogens with two attached hydrogens (primary N) is 2. The second-order valence-corrected chi connectivity index (χ2v) is 4.15. The van der Waals surface area contributed by atoms with E-state index in [0.29, 0.717) is 0 Å². The zero-order valence-electron chi connectivity index (χ0n) is 9.54. The maximum absolute atomic E-state index is 6.01. The van der Waals surface area contributed by atoms with E-state index >= 15 is 0 Å². The highest BCUT2D eigenvalue weighted by Gasteiger charge is 2.13.